The summed E-state index contributed by atoms with van der Waals surface area (Å²) in [4.78, 5) is 0. The summed E-state index contributed by atoms with van der Waals surface area (Å²) in [6.07, 6.45) is 0.954. The van der Waals surface area contributed by atoms with Crippen LogP contribution in [0, 0.1) is 0 Å². The van der Waals surface area contributed by atoms with Gasteiger partial charge in [0.1, 0.15) is 17.1 Å². The molecule has 0 bridgehead atoms. The maximum absolute atomic E-state index is 9.74. The molecule has 0 amide bonds. The number of rotatable bonds is 4. The quantitative estimate of drug-likeness (QED) is 0.903. The van der Waals surface area contributed by atoms with E-state index in [0.717, 1.165) is 24.3 Å². The molecule has 2 N–H and O–H groups in total. The second kappa shape index (κ2) is 5.41. The van der Waals surface area contributed by atoms with E-state index in [4.69, 9.17) is 4.74 Å². The van der Waals surface area contributed by atoms with Crippen molar-refractivity contribution >= 4 is 0 Å². The molecule has 3 rings (SSSR count). The van der Waals surface area contributed by atoms with Crippen molar-refractivity contribution in [2.45, 2.75) is 39.0 Å². The fraction of sp³-hybridized carbons (Fsp3) is 0.333. The van der Waals surface area contributed by atoms with Crippen LogP contribution in [0.4, 0.5) is 0 Å². The fourth-order valence-corrected chi connectivity index (χ4v) is 2.77. The maximum Gasteiger partial charge on any atom is 0.123 e. The average Bonchev–Trinajstić information content (AvgIpc) is 2.74. The molecule has 21 heavy (non-hydrogen) atoms. The number of phenolic OH excluding ortho intramolecular Hbond substituents is 1. The summed E-state index contributed by atoms with van der Waals surface area (Å²) in [5, 5.41) is 13.1. The molecule has 1 aliphatic heterocycles. The number of phenols is 1. The third-order valence-electron chi connectivity index (χ3n) is 3.76. The Balaban J connectivity index is 1.61. The van der Waals surface area contributed by atoms with Gasteiger partial charge in [-0.05, 0) is 37.1 Å². The third kappa shape index (κ3) is 3.19. The van der Waals surface area contributed by atoms with Crippen LogP contribution in [0.5, 0.6) is 11.5 Å². The molecule has 0 unspecified atom stereocenters. The smallest absolute Gasteiger partial charge is 0.123 e. The van der Waals surface area contributed by atoms with Gasteiger partial charge in [-0.25, -0.2) is 0 Å². The Hall–Kier alpha value is -2.00. The lowest BCUT2D eigenvalue weighted by molar-refractivity contribution is 0.138. The first-order valence-corrected chi connectivity index (χ1v) is 7.32. The molecule has 0 saturated carbocycles. The minimum absolute atomic E-state index is 0.0930. The zero-order valence-corrected chi connectivity index (χ0v) is 12.5. The molecule has 3 heteroatoms. The van der Waals surface area contributed by atoms with Crippen molar-refractivity contribution in [3.8, 4) is 11.5 Å². The van der Waals surface area contributed by atoms with Gasteiger partial charge in [0.05, 0.1) is 0 Å². The molecule has 1 aliphatic rings. The van der Waals surface area contributed by atoms with Crippen molar-refractivity contribution in [3.63, 3.8) is 0 Å². The van der Waals surface area contributed by atoms with Crippen LogP contribution in [0.15, 0.2) is 42.5 Å². The van der Waals surface area contributed by atoms with E-state index in [1.165, 1.54) is 11.1 Å². The minimum Gasteiger partial charge on any atom is -0.508 e. The molecule has 0 atom stereocenters. The Morgan fingerprint density at radius 2 is 1.95 bits per heavy atom. The van der Waals surface area contributed by atoms with Gasteiger partial charge >= 0.3 is 0 Å². The molecule has 1 heterocycles. The van der Waals surface area contributed by atoms with Crippen LogP contribution in [0.3, 0.4) is 0 Å². The van der Waals surface area contributed by atoms with Crippen LogP contribution in [-0.4, -0.2) is 10.7 Å². The lowest BCUT2D eigenvalue weighted by atomic mass is 10.0. The largest absolute Gasteiger partial charge is 0.508 e. The number of nitrogens with one attached hydrogen (secondary N) is 1. The van der Waals surface area contributed by atoms with E-state index in [2.05, 4.69) is 37.4 Å². The molecule has 2 aromatic carbocycles. The van der Waals surface area contributed by atoms with Crippen LogP contribution >= 0.6 is 0 Å². The van der Waals surface area contributed by atoms with Gasteiger partial charge in [0, 0.05) is 25.1 Å². The Kier molecular flexibility index (Phi) is 3.60. The molecule has 3 nitrogen and oxygen atoms in total. The molecule has 110 valence electrons. The minimum atomic E-state index is -0.0930. The SMILES string of the molecule is CC1(C)Cc2cc(CNCc3ccccc3O)ccc2O1. The summed E-state index contributed by atoms with van der Waals surface area (Å²) in [7, 11) is 0. The summed E-state index contributed by atoms with van der Waals surface area (Å²) in [6.45, 7) is 5.67. The van der Waals surface area contributed by atoms with Gasteiger partial charge in [-0.15, -0.1) is 0 Å². The number of ether oxygens (including phenoxy) is 1. The normalized spacial score (nSPS) is 15.5. The zero-order valence-electron chi connectivity index (χ0n) is 12.5. The first kappa shape index (κ1) is 14.0. The van der Waals surface area contributed by atoms with E-state index in [0.29, 0.717) is 12.3 Å². The summed E-state index contributed by atoms with van der Waals surface area (Å²) in [5.41, 5.74) is 3.35. The first-order chi connectivity index (χ1) is 10.0. The van der Waals surface area contributed by atoms with E-state index in [-0.39, 0.29) is 5.60 Å². The number of benzene rings is 2. The average molecular weight is 283 g/mol. The lowest BCUT2D eigenvalue weighted by Gasteiger charge is -2.16. The lowest BCUT2D eigenvalue weighted by Crippen LogP contribution is -2.24. The van der Waals surface area contributed by atoms with Crippen molar-refractivity contribution < 1.29 is 9.84 Å². The van der Waals surface area contributed by atoms with Crippen molar-refractivity contribution in [1.82, 2.24) is 5.32 Å². The molecule has 0 aliphatic carbocycles. The highest BCUT2D eigenvalue weighted by atomic mass is 16.5. The van der Waals surface area contributed by atoms with Gasteiger partial charge in [0.15, 0.2) is 0 Å². The van der Waals surface area contributed by atoms with Crippen molar-refractivity contribution in [1.29, 1.82) is 0 Å². The molecule has 0 fully saturated rings. The van der Waals surface area contributed by atoms with Gasteiger partial charge in [-0.3, -0.25) is 0 Å². The summed E-state index contributed by atoms with van der Waals surface area (Å²) < 4.78 is 5.89. The highest BCUT2D eigenvalue weighted by molar-refractivity contribution is 5.41. The number of hydrogen-bond acceptors (Lipinski definition) is 3. The molecule has 0 saturated heterocycles. The standard InChI is InChI=1S/C18H21NO2/c1-18(2)10-15-9-13(7-8-17(15)21-18)11-19-12-14-5-3-4-6-16(14)20/h3-9,19-20H,10-12H2,1-2H3. The van der Waals surface area contributed by atoms with E-state index < -0.39 is 0 Å². The maximum atomic E-state index is 9.74. The molecular weight excluding hydrogens is 262 g/mol. The van der Waals surface area contributed by atoms with Gasteiger partial charge in [-0.2, -0.15) is 0 Å². The Labute approximate surface area is 125 Å². The predicted molar refractivity (Wildman–Crippen MR) is 83.5 cm³/mol. The fourth-order valence-electron chi connectivity index (χ4n) is 2.77. The molecule has 0 spiro atoms. The van der Waals surface area contributed by atoms with Crippen molar-refractivity contribution in [2.75, 3.05) is 0 Å². The molecule has 2 aromatic rings. The second-order valence-corrected chi connectivity index (χ2v) is 6.21. The van der Waals surface area contributed by atoms with E-state index in [1.54, 1.807) is 6.07 Å². The van der Waals surface area contributed by atoms with Crippen LogP contribution in [0.1, 0.15) is 30.5 Å². The molecular formula is C18H21NO2. The Bertz CT molecular complexity index is 649. The van der Waals surface area contributed by atoms with Gasteiger partial charge in [0.25, 0.3) is 0 Å². The number of para-hydroxylation sites is 1. The second-order valence-electron chi connectivity index (χ2n) is 6.21. The highest BCUT2D eigenvalue weighted by Crippen LogP contribution is 2.35. The van der Waals surface area contributed by atoms with Crippen LogP contribution in [0.25, 0.3) is 0 Å². The molecule has 0 radical (unpaired) electrons. The van der Waals surface area contributed by atoms with Crippen LogP contribution in [0.2, 0.25) is 0 Å². The Morgan fingerprint density at radius 1 is 1.14 bits per heavy atom. The monoisotopic (exact) mass is 283 g/mol. The summed E-state index contributed by atoms with van der Waals surface area (Å²) in [6, 6.07) is 13.8. The summed E-state index contributed by atoms with van der Waals surface area (Å²) >= 11 is 0. The van der Waals surface area contributed by atoms with Gasteiger partial charge < -0.3 is 15.2 Å². The zero-order chi connectivity index (χ0) is 14.9. The highest BCUT2D eigenvalue weighted by Gasteiger charge is 2.29. The number of aromatic hydroxyl groups is 1. The summed E-state index contributed by atoms with van der Waals surface area (Å²) in [5.74, 6) is 1.35. The number of fused-ring (bicyclic) bond motifs is 1. The van der Waals surface area contributed by atoms with Gasteiger partial charge in [-0.1, -0.05) is 30.3 Å². The van der Waals surface area contributed by atoms with Crippen molar-refractivity contribution in [2.24, 2.45) is 0 Å². The van der Waals surface area contributed by atoms with Crippen molar-refractivity contribution in [3.05, 3.63) is 59.2 Å². The van der Waals surface area contributed by atoms with Crippen LogP contribution < -0.4 is 10.1 Å². The van der Waals surface area contributed by atoms with E-state index in [9.17, 15) is 5.11 Å². The topological polar surface area (TPSA) is 41.5 Å². The Morgan fingerprint density at radius 3 is 2.76 bits per heavy atom. The van der Waals surface area contributed by atoms with Gasteiger partial charge in [0.2, 0.25) is 0 Å². The number of hydrogen-bond donors (Lipinski definition) is 2. The van der Waals surface area contributed by atoms with E-state index in [1.807, 2.05) is 18.2 Å². The van der Waals surface area contributed by atoms with E-state index >= 15 is 0 Å². The third-order valence-corrected chi connectivity index (χ3v) is 3.76. The predicted octanol–water partition coefficient (Wildman–Crippen LogP) is 3.40. The molecule has 0 aromatic heterocycles. The van der Waals surface area contributed by atoms with Crippen LogP contribution in [-0.2, 0) is 19.5 Å². The first-order valence-electron chi connectivity index (χ1n) is 7.32.